The largest absolute Gasteiger partial charge is 0.343 e. The highest BCUT2D eigenvalue weighted by Gasteiger charge is 2.21. The minimum Gasteiger partial charge on any atom is -0.343 e. The molecule has 0 aliphatic heterocycles. The van der Waals surface area contributed by atoms with Crippen molar-refractivity contribution in [3.63, 3.8) is 0 Å². The Bertz CT molecular complexity index is 877. The van der Waals surface area contributed by atoms with Crippen molar-refractivity contribution < 1.29 is 14.4 Å². The summed E-state index contributed by atoms with van der Waals surface area (Å²) in [6.45, 7) is -0.145. The van der Waals surface area contributed by atoms with Crippen LogP contribution in [0.25, 0.3) is 0 Å². The molecule has 0 atom stereocenters. The number of carbonyl (C=O) groups excluding carboxylic acids is 3. The van der Waals surface area contributed by atoms with Crippen LogP contribution >= 0.6 is 15.9 Å². The minimum atomic E-state index is -0.371. The molecule has 0 saturated heterocycles. The molecule has 0 radical (unpaired) electrons. The molecule has 0 spiro atoms. The van der Waals surface area contributed by atoms with Gasteiger partial charge in [-0.25, -0.2) is 0 Å². The first-order valence-electron chi connectivity index (χ1n) is 9.76. The lowest BCUT2D eigenvalue weighted by atomic mass is 9.88. The maximum atomic E-state index is 12.4. The molecule has 2 aromatic rings. The molecule has 1 fully saturated rings. The molecule has 152 valence electrons. The monoisotopic (exact) mass is 457 g/mol. The molecular weight excluding hydrogens is 434 g/mol. The number of nitrogens with one attached hydrogen (secondary N) is 3. The summed E-state index contributed by atoms with van der Waals surface area (Å²) in [4.78, 5) is 36.8. The van der Waals surface area contributed by atoms with E-state index in [1.807, 2.05) is 12.1 Å². The van der Waals surface area contributed by atoms with E-state index in [2.05, 4.69) is 31.9 Å². The molecule has 1 saturated carbocycles. The fourth-order valence-corrected chi connectivity index (χ4v) is 3.61. The van der Waals surface area contributed by atoms with Crippen molar-refractivity contribution in [1.29, 1.82) is 0 Å². The number of rotatable bonds is 6. The summed E-state index contributed by atoms with van der Waals surface area (Å²) >= 11 is 3.33. The molecular formula is C22H24BrN3O3. The van der Waals surface area contributed by atoms with Gasteiger partial charge in [-0.05, 0) is 55.3 Å². The zero-order valence-electron chi connectivity index (χ0n) is 16.0. The number of carbonyl (C=O) groups is 3. The molecule has 3 amide bonds. The second-order valence-electron chi connectivity index (χ2n) is 7.14. The van der Waals surface area contributed by atoms with E-state index in [1.165, 1.54) is 6.42 Å². The van der Waals surface area contributed by atoms with Gasteiger partial charge in [0.1, 0.15) is 0 Å². The number of halogens is 1. The first kappa shape index (κ1) is 21.0. The lowest BCUT2D eigenvalue weighted by Gasteiger charge is -2.20. The standard InChI is InChI=1S/C22H24BrN3O3/c23-17-9-11-18(12-10-17)25-20(27)14-24-21(28)16-7-4-8-19(13-16)26-22(29)15-5-2-1-3-6-15/h4,7-13,15H,1-3,5-6,14H2,(H,24,28)(H,25,27)(H,26,29). The van der Waals surface area contributed by atoms with Gasteiger partial charge in [0, 0.05) is 27.3 Å². The predicted molar refractivity (Wildman–Crippen MR) is 117 cm³/mol. The van der Waals surface area contributed by atoms with Crippen molar-refractivity contribution in [2.75, 3.05) is 17.2 Å². The third kappa shape index (κ3) is 6.42. The quantitative estimate of drug-likeness (QED) is 0.602. The molecule has 0 aromatic heterocycles. The van der Waals surface area contributed by atoms with Gasteiger partial charge in [-0.15, -0.1) is 0 Å². The van der Waals surface area contributed by atoms with Gasteiger partial charge in [-0.1, -0.05) is 41.3 Å². The maximum Gasteiger partial charge on any atom is 0.251 e. The summed E-state index contributed by atoms with van der Waals surface area (Å²) in [6, 6.07) is 13.9. The fourth-order valence-electron chi connectivity index (χ4n) is 3.35. The van der Waals surface area contributed by atoms with Gasteiger partial charge < -0.3 is 16.0 Å². The van der Waals surface area contributed by atoms with Crippen LogP contribution in [-0.4, -0.2) is 24.3 Å². The summed E-state index contributed by atoms with van der Waals surface area (Å²) in [5.41, 5.74) is 1.63. The molecule has 29 heavy (non-hydrogen) atoms. The van der Waals surface area contributed by atoms with E-state index in [4.69, 9.17) is 0 Å². The molecule has 2 aromatic carbocycles. The van der Waals surface area contributed by atoms with Gasteiger partial charge in [0.2, 0.25) is 11.8 Å². The van der Waals surface area contributed by atoms with E-state index < -0.39 is 0 Å². The number of anilines is 2. The molecule has 0 bridgehead atoms. The van der Waals surface area contributed by atoms with Crippen molar-refractivity contribution in [2.45, 2.75) is 32.1 Å². The summed E-state index contributed by atoms with van der Waals surface area (Å²) in [7, 11) is 0. The lowest BCUT2D eigenvalue weighted by molar-refractivity contribution is -0.120. The van der Waals surface area contributed by atoms with Gasteiger partial charge in [-0.3, -0.25) is 14.4 Å². The maximum absolute atomic E-state index is 12.4. The van der Waals surface area contributed by atoms with Gasteiger partial charge in [-0.2, -0.15) is 0 Å². The molecule has 7 heteroatoms. The molecule has 3 rings (SSSR count). The molecule has 0 unspecified atom stereocenters. The molecule has 1 aliphatic carbocycles. The highest BCUT2D eigenvalue weighted by atomic mass is 79.9. The van der Waals surface area contributed by atoms with Crippen molar-refractivity contribution in [1.82, 2.24) is 5.32 Å². The SMILES string of the molecule is O=C(CNC(=O)c1cccc(NC(=O)C2CCCCC2)c1)Nc1ccc(Br)cc1. The highest BCUT2D eigenvalue weighted by Crippen LogP contribution is 2.25. The Hall–Kier alpha value is -2.67. The van der Waals surface area contributed by atoms with E-state index in [-0.39, 0.29) is 30.2 Å². The summed E-state index contributed by atoms with van der Waals surface area (Å²) in [5.74, 6) is -0.633. The zero-order chi connectivity index (χ0) is 20.6. The Kier molecular flexibility index (Phi) is 7.41. The van der Waals surface area contributed by atoms with Crippen LogP contribution < -0.4 is 16.0 Å². The average Bonchev–Trinajstić information content (AvgIpc) is 2.74. The summed E-state index contributed by atoms with van der Waals surface area (Å²) in [6.07, 6.45) is 5.19. The van der Waals surface area contributed by atoms with Gasteiger partial charge in [0.25, 0.3) is 5.91 Å². The Morgan fingerprint density at radius 1 is 0.897 bits per heavy atom. The van der Waals surface area contributed by atoms with Crippen molar-refractivity contribution in [3.05, 3.63) is 58.6 Å². The minimum absolute atomic E-state index is 0.0103. The molecule has 6 nitrogen and oxygen atoms in total. The first-order chi connectivity index (χ1) is 14.0. The van der Waals surface area contributed by atoms with Crippen LogP contribution in [0.3, 0.4) is 0 Å². The second kappa shape index (κ2) is 10.2. The Labute approximate surface area is 178 Å². The number of hydrogen-bond acceptors (Lipinski definition) is 3. The molecule has 0 heterocycles. The van der Waals surface area contributed by atoms with E-state index in [0.29, 0.717) is 16.9 Å². The number of hydrogen-bond donors (Lipinski definition) is 3. The van der Waals surface area contributed by atoms with E-state index in [9.17, 15) is 14.4 Å². The topological polar surface area (TPSA) is 87.3 Å². The summed E-state index contributed by atoms with van der Waals surface area (Å²) in [5, 5.41) is 8.23. The van der Waals surface area contributed by atoms with Crippen LogP contribution in [0.5, 0.6) is 0 Å². The van der Waals surface area contributed by atoms with Crippen LogP contribution in [0.1, 0.15) is 42.5 Å². The molecule has 1 aliphatic rings. The van der Waals surface area contributed by atoms with Crippen LogP contribution in [0.2, 0.25) is 0 Å². The third-order valence-electron chi connectivity index (χ3n) is 4.91. The van der Waals surface area contributed by atoms with Crippen LogP contribution in [0.15, 0.2) is 53.0 Å². The zero-order valence-corrected chi connectivity index (χ0v) is 17.6. The normalized spacial score (nSPS) is 14.1. The number of amides is 3. The smallest absolute Gasteiger partial charge is 0.251 e. The third-order valence-corrected chi connectivity index (χ3v) is 5.43. The van der Waals surface area contributed by atoms with Crippen LogP contribution in [0.4, 0.5) is 11.4 Å². The Balaban J connectivity index is 1.51. The first-order valence-corrected chi connectivity index (χ1v) is 10.5. The Morgan fingerprint density at radius 3 is 2.34 bits per heavy atom. The highest BCUT2D eigenvalue weighted by molar-refractivity contribution is 9.10. The summed E-state index contributed by atoms with van der Waals surface area (Å²) < 4.78 is 0.916. The average molecular weight is 458 g/mol. The Morgan fingerprint density at radius 2 is 1.62 bits per heavy atom. The van der Waals surface area contributed by atoms with Gasteiger partial charge >= 0.3 is 0 Å². The van der Waals surface area contributed by atoms with Crippen LogP contribution in [-0.2, 0) is 9.59 Å². The second-order valence-corrected chi connectivity index (χ2v) is 8.06. The van der Waals surface area contributed by atoms with E-state index in [1.54, 1.807) is 36.4 Å². The van der Waals surface area contributed by atoms with Crippen molar-refractivity contribution in [2.24, 2.45) is 5.92 Å². The van der Waals surface area contributed by atoms with Crippen molar-refractivity contribution >= 4 is 45.0 Å². The van der Waals surface area contributed by atoms with E-state index in [0.717, 1.165) is 30.2 Å². The lowest BCUT2D eigenvalue weighted by Crippen LogP contribution is -2.33. The van der Waals surface area contributed by atoms with Crippen molar-refractivity contribution in [3.8, 4) is 0 Å². The predicted octanol–water partition coefficient (Wildman–Crippen LogP) is 4.34. The van der Waals surface area contributed by atoms with Gasteiger partial charge in [0.15, 0.2) is 0 Å². The van der Waals surface area contributed by atoms with Crippen LogP contribution in [0, 0.1) is 5.92 Å². The van der Waals surface area contributed by atoms with E-state index >= 15 is 0 Å². The van der Waals surface area contributed by atoms with Gasteiger partial charge in [0.05, 0.1) is 6.54 Å². The number of benzene rings is 2. The fraction of sp³-hybridized carbons (Fsp3) is 0.318. The molecule has 3 N–H and O–H groups in total.